The Morgan fingerprint density at radius 2 is 1.69 bits per heavy atom. The maximum atomic E-state index is 13.1. The third kappa shape index (κ3) is 6.25. The summed E-state index contributed by atoms with van der Waals surface area (Å²) in [6.45, 7) is 1.19. The van der Waals surface area contributed by atoms with Crippen molar-refractivity contribution in [2.24, 2.45) is 0 Å². The van der Waals surface area contributed by atoms with E-state index in [4.69, 9.17) is 23.2 Å². The molecule has 2 aromatic carbocycles. The predicted octanol–water partition coefficient (Wildman–Crippen LogP) is 4.05. The van der Waals surface area contributed by atoms with Gasteiger partial charge in [-0.05, 0) is 49.4 Å². The summed E-state index contributed by atoms with van der Waals surface area (Å²) in [6, 6.07) is 10.3. The van der Waals surface area contributed by atoms with Crippen molar-refractivity contribution in [1.29, 1.82) is 0 Å². The first-order valence-corrected chi connectivity index (χ1v) is 10.8. The van der Waals surface area contributed by atoms with Gasteiger partial charge in [-0.3, -0.25) is 14.4 Å². The Morgan fingerprint density at radius 3 is 2.38 bits per heavy atom. The van der Waals surface area contributed by atoms with Crippen LogP contribution in [0.2, 0.25) is 10.0 Å². The summed E-state index contributed by atoms with van der Waals surface area (Å²) >= 11 is 13.0. The van der Waals surface area contributed by atoms with E-state index in [-0.39, 0.29) is 29.5 Å². The number of rotatable bonds is 7. The second-order valence-electron chi connectivity index (χ2n) is 6.56. The van der Waals surface area contributed by atoms with Crippen LogP contribution in [0.1, 0.15) is 15.2 Å². The van der Waals surface area contributed by atoms with Gasteiger partial charge in [0.2, 0.25) is 11.8 Å². The Hall–Kier alpha value is -3.01. The van der Waals surface area contributed by atoms with E-state index < -0.39 is 17.7 Å². The molecular weight excluding hydrogens is 478 g/mol. The van der Waals surface area contributed by atoms with Crippen molar-refractivity contribution < 1.29 is 18.8 Å². The smallest absolute Gasteiger partial charge is 0.253 e. The van der Waals surface area contributed by atoms with Gasteiger partial charge in [0.05, 0.1) is 29.4 Å². The van der Waals surface area contributed by atoms with Crippen LogP contribution in [0.5, 0.6) is 0 Å². The second kappa shape index (κ2) is 10.5. The Kier molecular flexibility index (Phi) is 7.79. The van der Waals surface area contributed by atoms with Gasteiger partial charge < -0.3 is 16.0 Å². The van der Waals surface area contributed by atoms with E-state index in [0.717, 1.165) is 10.4 Å². The third-order valence-corrected chi connectivity index (χ3v) is 5.63. The zero-order valence-corrected chi connectivity index (χ0v) is 19.0. The minimum atomic E-state index is -0.555. The molecule has 3 amide bonds. The minimum Gasteiger partial charge on any atom is -0.345 e. The van der Waals surface area contributed by atoms with E-state index in [9.17, 15) is 18.8 Å². The number of benzene rings is 2. The molecule has 3 N–H and O–H groups in total. The molecule has 1 heterocycles. The quantitative estimate of drug-likeness (QED) is 0.461. The van der Waals surface area contributed by atoms with Gasteiger partial charge in [-0.2, -0.15) is 0 Å². The largest absolute Gasteiger partial charge is 0.345 e. The molecule has 0 spiro atoms. The molecule has 32 heavy (non-hydrogen) atoms. The van der Waals surface area contributed by atoms with Crippen molar-refractivity contribution in [2.75, 3.05) is 18.4 Å². The van der Waals surface area contributed by atoms with Gasteiger partial charge in [-0.1, -0.05) is 23.2 Å². The van der Waals surface area contributed by atoms with Gasteiger partial charge in [0, 0.05) is 15.5 Å². The van der Waals surface area contributed by atoms with E-state index in [0.29, 0.717) is 15.8 Å². The fourth-order valence-electron chi connectivity index (χ4n) is 2.66. The van der Waals surface area contributed by atoms with Crippen molar-refractivity contribution in [1.82, 2.24) is 15.6 Å². The van der Waals surface area contributed by atoms with Crippen LogP contribution in [0, 0.1) is 12.7 Å². The molecule has 3 aromatic rings. The molecule has 0 atom stereocenters. The van der Waals surface area contributed by atoms with Gasteiger partial charge in [0.15, 0.2) is 5.13 Å². The van der Waals surface area contributed by atoms with Crippen LogP contribution in [0.25, 0.3) is 11.3 Å². The van der Waals surface area contributed by atoms with Gasteiger partial charge in [-0.25, -0.2) is 9.37 Å². The maximum Gasteiger partial charge on any atom is 0.253 e. The molecule has 0 fully saturated rings. The summed E-state index contributed by atoms with van der Waals surface area (Å²) in [5.41, 5.74) is 1.54. The summed E-state index contributed by atoms with van der Waals surface area (Å²) < 4.78 is 13.1. The topological polar surface area (TPSA) is 100 Å². The third-order valence-electron chi connectivity index (χ3n) is 4.19. The summed E-state index contributed by atoms with van der Waals surface area (Å²) in [5.74, 6) is -1.93. The molecule has 11 heteroatoms. The number of nitrogens with zero attached hydrogens (tertiary/aromatic N) is 1. The van der Waals surface area contributed by atoms with Gasteiger partial charge in [-0.15, -0.1) is 11.3 Å². The molecule has 0 aliphatic heterocycles. The van der Waals surface area contributed by atoms with Crippen LogP contribution in [0.3, 0.4) is 0 Å². The van der Waals surface area contributed by atoms with Crippen molar-refractivity contribution in [3.05, 3.63) is 68.8 Å². The lowest BCUT2D eigenvalue weighted by Crippen LogP contribution is -2.40. The van der Waals surface area contributed by atoms with Crippen LogP contribution < -0.4 is 16.0 Å². The van der Waals surface area contributed by atoms with Crippen molar-refractivity contribution in [2.45, 2.75) is 6.92 Å². The second-order valence-corrected chi connectivity index (χ2v) is 8.61. The molecule has 0 radical (unpaired) electrons. The van der Waals surface area contributed by atoms with E-state index in [1.54, 1.807) is 12.1 Å². The summed E-state index contributed by atoms with van der Waals surface area (Å²) in [7, 11) is 0. The molecule has 0 bridgehead atoms. The number of anilines is 1. The van der Waals surface area contributed by atoms with Crippen LogP contribution in [-0.2, 0) is 9.59 Å². The number of carbonyl (C=O) groups excluding carboxylic acids is 3. The molecular formula is C21H17Cl2FN4O3S. The Morgan fingerprint density at radius 1 is 1.00 bits per heavy atom. The van der Waals surface area contributed by atoms with Crippen molar-refractivity contribution in [3.63, 3.8) is 0 Å². The number of aryl methyl sites for hydroxylation is 1. The Bertz CT molecular complexity index is 1170. The summed E-state index contributed by atoms with van der Waals surface area (Å²) in [6.07, 6.45) is 0. The number of hydrogen-bond donors (Lipinski definition) is 3. The predicted molar refractivity (Wildman–Crippen MR) is 123 cm³/mol. The number of aromatic nitrogens is 1. The highest BCUT2D eigenvalue weighted by Gasteiger charge is 2.15. The first-order chi connectivity index (χ1) is 15.2. The molecule has 0 aliphatic carbocycles. The van der Waals surface area contributed by atoms with Crippen LogP contribution >= 0.6 is 34.5 Å². The zero-order valence-electron chi connectivity index (χ0n) is 16.7. The molecule has 3 rings (SSSR count). The Balaban J connectivity index is 1.47. The van der Waals surface area contributed by atoms with Gasteiger partial charge >= 0.3 is 0 Å². The van der Waals surface area contributed by atoms with Crippen LogP contribution in [0.15, 0.2) is 42.5 Å². The summed E-state index contributed by atoms with van der Waals surface area (Å²) in [4.78, 5) is 41.4. The number of carbonyl (C=O) groups is 3. The number of thiazole rings is 1. The average Bonchev–Trinajstić information content (AvgIpc) is 3.10. The highest BCUT2D eigenvalue weighted by atomic mass is 35.5. The fourth-order valence-corrected chi connectivity index (χ4v) is 4.01. The van der Waals surface area contributed by atoms with E-state index in [2.05, 4.69) is 20.9 Å². The molecule has 0 saturated heterocycles. The SMILES string of the molecule is Cc1sc(NC(=O)CNC(=O)CNC(=O)c2ccc(Cl)cc2Cl)nc1-c1ccc(F)cc1. The standard InChI is InChI=1S/C21H17Cl2FN4O3S/c1-11-19(12-2-5-14(24)6-3-12)28-21(32-11)27-18(30)10-25-17(29)9-26-20(31)15-7-4-13(22)8-16(15)23/h2-8H,9-10H2,1H3,(H,25,29)(H,26,31)(H,27,28,30). The fraction of sp³-hybridized carbons (Fsp3) is 0.143. The van der Waals surface area contributed by atoms with E-state index in [1.807, 2.05) is 6.92 Å². The molecule has 0 aliphatic rings. The lowest BCUT2D eigenvalue weighted by Gasteiger charge is -2.08. The molecule has 166 valence electrons. The number of amides is 3. The normalized spacial score (nSPS) is 10.5. The molecule has 0 saturated carbocycles. The number of halogens is 3. The van der Waals surface area contributed by atoms with Gasteiger partial charge in [0.25, 0.3) is 5.91 Å². The van der Waals surface area contributed by atoms with Crippen molar-refractivity contribution in [3.8, 4) is 11.3 Å². The maximum absolute atomic E-state index is 13.1. The molecule has 0 unspecified atom stereocenters. The highest BCUT2D eigenvalue weighted by molar-refractivity contribution is 7.16. The lowest BCUT2D eigenvalue weighted by atomic mass is 10.1. The first kappa shape index (κ1) is 23.6. The highest BCUT2D eigenvalue weighted by Crippen LogP contribution is 2.30. The monoisotopic (exact) mass is 494 g/mol. The van der Waals surface area contributed by atoms with Crippen LogP contribution in [-0.4, -0.2) is 35.8 Å². The van der Waals surface area contributed by atoms with Gasteiger partial charge in [0.1, 0.15) is 5.82 Å². The van der Waals surface area contributed by atoms with Crippen molar-refractivity contribution >= 4 is 57.4 Å². The zero-order chi connectivity index (χ0) is 23.3. The Labute approximate surface area is 197 Å². The van der Waals surface area contributed by atoms with E-state index >= 15 is 0 Å². The lowest BCUT2D eigenvalue weighted by molar-refractivity contribution is -0.123. The van der Waals surface area contributed by atoms with E-state index in [1.165, 1.54) is 41.7 Å². The number of nitrogens with one attached hydrogen (secondary N) is 3. The molecule has 7 nitrogen and oxygen atoms in total. The number of hydrogen-bond acceptors (Lipinski definition) is 5. The first-order valence-electron chi connectivity index (χ1n) is 9.26. The summed E-state index contributed by atoms with van der Waals surface area (Å²) in [5, 5.41) is 8.33. The minimum absolute atomic E-state index is 0.161. The average molecular weight is 495 g/mol. The molecule has 1 aromatic heterocycles. The van der Waals surface area contributed by atoms with Crippen LogP contribution in [0.4, 0.5) is 9.52 Å².